The number of nitrogens with one attached hydrogen (secondary N) is 2. The Morgan fingerprint density at radius 3 is 2.52 bits per heavy atom. The van der Waals surface area contributed by atoms with Crippen LogP contribution in [0.2, 0.25) is 0 Å². The number of aliphatic hydroxyl groups is 2. The van der Waals surface area contributed by atoms with Gasteiger partial charge in [-0.1, -0.05) is 13.8 Å². The summed E-state index contributed by atoms with van der Waals surface area (Å²) in [5.41, 5.74) is 0.760. The fraction of sp³-hybridized carbons (Fsp3) is 0.476. The number of imidazole rings is 1. The van der Waals surface area contributed by atoms with E-state index in [1.54, 1.807) is 13.8 Å². The lowest BCUT2D eigenvalue weighted by atomic mass is 10.0. The van der Waals surface area contributed by atoms with Crippen LogP contribution in [-0.4, -0.2) is 57.7 Å². The van der Waals surface area contributed by atoms with Gasteiger partial charge >= 0.3 is 0 Å². The van der Waals surface area contributed by atoms with Crippen LogP contribution in [0.15, 0.2) is 27.9 Å². The minimum atomic E-state index is -4.06. The molecule has 0 amide bonds. The molecule has 0 atom stereocenters. The second kappa shape index (κ2) is 10.00. The molecule has 0 bridgehead atoms. The lowest BCUT2D eigenvalue weighted by molar-refractivity contribution is -0.0336. The van der Waals surface area contributed by atoms with Crippen molar-refractivity contribution in [2.24, 2.45) is 0 Å². The molecule has 0 aliphatic rings. The highest BCUT2D eigenvalue weighted by molar-refractivity contribution is 7.89. The summed E-state index contributed by atoms with van der Waals surface area (Å²) in [7, 11) is -4.06. The normalized spacial score (nSPS) is 12.2. The van der Waals surface area contributed by atoms with Crippen molar-refractivity contribution in [3.8, 4) is 17.1 Å². The Kier molecular flexibility index (Phi) is 7.52. The third-order valence-electron chi connectivity index (χ3n) is 5.32. The van der Waals surface area contributed by atoms with Crippen molar-refractivity contribution < 1.29 is 23.4 Å². The predicted octanol–water partition coefficient (Wildman–Crippen LogP) is 1.28. The first-order chi connectivity index (χ1) is 15.6. The van der Waals surface area contributed by atoms with Crippen LogP contribution in [0.25, 0.3) is 16.9 Å². The number of aromatic amines is 1. The van der Waals surface area contributed by atoms with Crippen LogP contribution >= 0.6 is 0 Å². The first-order valence-electron chi connectivity index (χ1n) is 10.7. The fourth-order valence-corrected chi connectivity index (χ4v) is 4.70. The Morgan fingerprint density at radius 1 is 1.21 bits per heavy atom. The molecule has 0 radical (unpaired) electrons. The smallest absolute Gasteiger partial charge is 0.277 e. The van der Waals surface area contributed by atoms with Gasteiger partial charge in [0.25, 0.3) is 5.56 Å². The maximum absolute atomic E-state index is 13.0. The fourth-order valence-electron chi connectivity index (χ4n) is 3.64. The molecule has 3 aromatic rings. The molecule has 0 unspecified atom stereocenters. The summed E-state index contributed by atoms with van der Waals surface area (Å²) in [5.74, 6) is 1.22. The van der Waals surface area contributed by atoms with Gasteiger partial charge in [0.05, 0.1) is 29.3 Å². The highest BCUT2D eigenvalue weighted by Gasteiger charge is 2.23. The van der Waals surface area contributed by atoms with Crippen LogP contribution in [0.1, 0.15) is 51.0 Å². The zero-order chi connectivity index (χ0) is 24.3. The lowest BCUT2D eigenvalue weighted by Gasteiger charge is -2.14. The van der Waals surface area contributed by atoms with Crippen molar-refractivity contribution in [3.05, 3.63) is 40.1 Å². The first-order valence-corrected chi connectivity index (χ1v) is 12.2. The molecule has 2 aromatic heterocycles. The molecule has 33 heavy (non-hydrogen) atoms. The number of aryl methyl sites for hydroxylation is 1. The van der Waals surface area contributed by atoms with E-state index >= 15 is 0 Å². The maximum Gasteiger partial charge on any atom is 0.277 e. The summed E-state index contributed by atoms with van der Waals surface area (Å²) in [6.07, 6.45) is -0.200. The Morgan fingerprint density at radius 2 is 1.91 bits per heavy atom. The number of hydrogen-bond acceptors (Lipinski definition) is 8. The summed E-state index contributed by atoms with van der Waals surface area (Å²) < 4.78 is 34.5. The van der Waals surface area contributed by atoms with Gasteiger partial charge < -0.3 is 19.9 Å². The average Bonchev–Trinajstić information content (AvgIpc) is 3.10. The molecule has 2 heterocycles. The molecule has 3 rings (SSSR count). The number of H-pyrrole nitrogens is 1. The number of fused-ring (bicyclic) bond motifs is 1. The van der Waals surface area contributed by atoms with E-state index in [-0.39, 0.29) is 22.2 Å². The first kappa shape index (κ1) is 24.8. The molecule has 180 valence electrons. The summed E-state index contributed by atoms with van der Waals surface area (Å²) in [4.78, 5) is 20.1. The van der Waals surface area contributed by atoms with E-state index < -0.39 is 28.4 Å². The molecule has 0 fully saturated rings. The van der Waals surface area contributed by atoms with E-state index in [9.17, 15) is 13.2 Å². The minimum absolute atomic E-state index is 0.0977. The molecule has 0 saturated carbocycles. The Labute approximate surface area is 191 Å². The summed E-state index contributed by atoms with van der Waals surface area (Å²) in [6.45, 7) is 7.34. The monoisotopic (exact) mass is 479 g/mol. The maximum atomic E-state index is 13.0. The second-order valence-corrected chi connectivity index (χ2v) is 9.32. The van der Waals surface area contributed by atoms with Gasteiger partial charge in [0.15, 0.2) is 17.6 Å². The Hall–Kier alpha value is -2.80. The second-order valence-electron chi connectivity index (χ2n) is 7.56. The van der Waals surface area contributed by atoms with Crippen molar-refractivity contribution in [1.29, 1.82) is 0 Å². The van der Waals surface area contributed by atoms with Gasteiger partial charge in [0.1, 0.15) is 11.6 Å². The van der Waals surface area contributed by atoms with Gasteiger partial charge in [0, 0.05) is 5.92 Å². The quantitative estimate of drug-likeness (QED) is 0.317. The topological polar surface area (TPSA) is 159 Å². The zero-order valence-electron chi connectivity index (χ0n) is 19.0. The molecule has 0 spiro atoms. The number of ether oxygens (including phenoxy) is 1. The van der Waals surface area contributed by atoms with Crippen molar-refractivity contribution in [2.75, 3.05) is 13.2 Å². The highest BCUT2D eigenvalue weighted by atomic mass is 32.2. The SMILES string of the molecule is CCOc1ccc(S(=O)(=O)NCC(O)O)cc1-c1nn2c(C(CC)CC)nc(C)c2c(=O)[nH]1. The molecule has 11 nitrogen and oxygen atoms in total. The Balaban J connectivity index is 2.23. The van der Waals surface area contributed by atoms with E-state index in [0.717, 1.165) is 12.8 Å². The van der Waals surface area contributed by atoms with Crippen molar-refractivity contribution in [1.82, 2.24) is 24.3 Å². The van der Waals surface area contributed by atoms with Crippen LogP contribution in [0, 0.1) is 6.92 Å². The third kappa shape index (κ3) is 5.08. The van der Waals surface area contributed by atoms with Crippen LogP contribution in [0.5, 0.6) is 5.75 Å². The van der Waals surface area contributed by atoms with Gasteiger partial charge in [-0.15, -0.1) is 5.10 Å². The number of benzene rings is 1. The summed E-state index contributed by atoms with van der Waals surface area (Å²) >= 11 is 0. The predicted molar refractivity (Wildman–Crippen MR) is 122 cm³/mol. The Bertz CT molecular complexity index is 1290. The van der Waals surface area contributed by atoms with Gasteiger partial charge in [-0.2, -0.15) is 0 Å². The number of aliphatic hydroxyl groups excluding tert-OH is 1. The third-order valence-corrected chi connectivity index (χ3v) is 6.74. The van der Waals surface area contributed by atoms with Crippen LogP contribution in [0.3, 0.4) is 0 Å². The molecule has 0 aliphatic heterocycles. The van der Waals surface area contributed by atoms with Crippen molar-refractivity contribution in [3.63, 3.8) is 0 Å². The number of aromatic nitrogens is 4. The number of nitrogens with zero attached hydrogens (tertiary/aromatic N) is 3. The largest absolute Gasteiger partial charge is 0.493 e. The number of rotatable bonds is 10. The average molecular weight is 480 g/mol. The van der Waals surface area contributed by atoms with Crippen LogP contribution in [0.4, 0.5) is 0 Å². The summed E-state index contributed by atoms with van der Waals surface area (Å²) in [6, 6.07) is 4.11. The zero-order valence-corrected chi connectivity index (χ0v) is 19.8. The van der Waals surface area contributed by atoms with Crippen molar-refractivity contribution >= 4 is 15.5 Å². The number of hydrogen-bond donors (Lipinski definition) is 4. The van der Waals surface area contributed by atoms with Crippen molar-refractivity contribution in [2.45, 2.75) is 57.6 Å². The highest BCUT2D eigenvalue weighted by Crippen LogP contribution is 2.31. The van der Waals surface area contributed by atoms with Crippen LogP contribution < -0.4 is 15.0 Å². The summed E-state index contributed by atoms with van der Waals surface area (Å²) in [5, 5.41) is 22.6. The van der Waals surface area contributed by atoms with E-state index in [2.05, 4.69) is 19.8 Å². The standard InChI is InChI=1S/C21H29N5O6S/c1-5-13(6-2)20-23-12(4)18-21(29)24-19(25-26(18)20)15-10-14(8-9-16(15)32-7-3)33(30,31)22-11-17(27)28/h8-10,13,17,22,27-28H,5-7,11H2,1-4H3,(H,24,25,29). The van der Waals surface area contributed by atoms with Gasteiger partial charge in [-0.25, -0.2) is 22.6 Å². The lowest BCUT2D eigenvalue weighted by Crippen LogP contribution is -2.31. The molecule has 1 aromatic carbocycles. The molecule has 0 aliphatic carbocycles. The minimum Gasteiger partial charge on any atom is -0.493 e. The van der Waals surface area contributed by atoms with E-state index in [4.69, 9.17) is 14.9 Å². The number of sulfonamides is 1. The molecule has 0 saturated heterocycles. The van der Waals surface area contributed by atoms with Gasteiger partial charge in [0.2, 0.25) is 10.0 Å². The van der Waals surface area contributed by atoms with E-state index in [0.29, 0.717) is 29.4 Å². The molecule has 12 heteroatoms. The van der Waals surface area contributed by atoms with E-state index in [1.807, 2.05) is 13.8 Å². The van der Waals surface area contributed by atoms with Gasteiger partial charge in [-0.05, 0) is 44.9 Å². The molecular weight excluding hydrogens is 450 g/mol. The van der Waals surface area contributed by atoms with E-state index in [1.165, 1.54) is 22.7 Å². The van der Waals surface area contributed by atoms with Gasteiger partial charge in [-0.3, -0.25) is 4.79 Å². The van der Waals surface area contributed by atoms with Crippen LogP contribution in [-0.2, 0) is 10.0 Å². The molecular formula is C21H29N5O6S. The molecule has 4 N–H and O–H groups in total.